The number of aryl methyl sites for hydroxylation is 2. The summed E-state index contributed by atoms with van der Waals surface area (Å²) in [5.74, 6) is -1.000. The maximum absolute atomic E-state index is 12.3. The second kappa shape index (κ2) is 5.87. The molecule has 0 spiro atoms. The Morgan fingerprint density at radius 1 is 1.21 bits per heavy atom. The number of nitrogens with one attached hydrogen (secondary N) is 1. The third-order valence-electron chi connectivity index (χ3n) is 3.12. The first kappa shape index (κ1) is 15.2. The lowest BCUT2D eigenvalue weighted by atomic mass is 9.96. The summed E-state index contributed by atoms with van der Waals surface area (Å²) in [6, 6.07) is 5.70. The van der Waals surface area contributed by atoms with E-state index in [2.05, 4.69) is 5.32 Å². The van der Waals surface area contributed by atoms with Crippen LogP contribution in [0, 0.1) is 13.8 Å². The highest BCUT2D eigenvalue weighted by molar-refractivity contribution is 5.97. The third-order valence-corrected chi connectivity index (χ3v) is 3.12. The van der Waals surface area contributed by atoms with Crippen LogP contribution in [0.15, 0.2) is 18.2 Å². The van der Waals surface area contributed by atoms with Gasteiger partial charge in [0.1, 0.15) is 0 Å². The van der Waals surface area contributed by atoms with Crippen LogP contribution in [0.4, 0.5) is 0 Å². The molecule has 0 radical (unpaired) electrons. The molecule has 1 aromatic carbocycles. The number of rotatable bonds is 5. The van der Waals surface area contributed by atoms with Gasteiger partial charge in [0.15, 0.2) is 0 Å². The molecule has 0 aromatic heterocycles. The molecule has 0 saturated heterocycles. The summed E-state index contributed by atoms with van der Waals surface area (Å²) in [7, 11) is 0. The molecule has 4 nitrogen and oxygen atoms in total. The number of hydrogen-bond acceptors (Lipinski definition) is 2. The number of hydrogen-bond donors (Lipinski definition) is 2. The average molecular weight is 263 g/mol. The summed E-state index contributed by atoms with van der Waals surface area (Å²) >= 11 is 0. The predicted octanol–water partition coefficient (Wildman–Crippen LogP) is 2.68. The molecule has 4 heteroatoms. The van der Waals surface area contributed by atoms with E-state index in [-0.39, 0.29) is 12.3 Å². The molecule has 0 aliphatic carbocycles. The number of carboxylic acid groups (broad SMARTS) is 1. The summed E-state index contributed by atoms with van der Waals surface area (Å²) in [5, 5.41) is 11.6. The number of aliphatic carboxylic acids is 1. The number of carboxylic acids is 1. The van der Waals surface area contributed by atoms with Gasteiger partial charge in [-0.15, -0.1) is 0 Å². The Morgan fingerprint density at radius 3 is 2.21 bits per heavy atom. The monoisotopic (exact) mass is 263 g/mol. The van der Waals surface area contributed by atoms with Gasteiger partial charge in [0.2, 0.25) is 0 Å². The van der Waals surface area contributed by atoms with Crippen LogP contribution in [0.1, 0.15) is 48.2 Å². The second-order valence-electron chi connectivity index (χ2n) is 5.50. The highest BCUT2D eigenvalue weighted by Gasteiger charge is 2.23. The molecular weight excluding hydrogens is 242 g/mol. The van der Waals surface area contributed by atoms with Crippen LogP contribution in [0.25, 0.3) is 0 Å². The van der Waals surface area contributed by atoms with E-state index in [4.69, 9.17) is 5.11 Å². The lowest BCUT2D eigenvalue weighted by Crippen LogP contribution is -2.44. The number of amides is 1. The predicted molar refractivity (Wildman–Crippen MR) is 74.3 cm³/mol. The number of carbonyl (C=O) groups excluding carboxylic acids is 1. The number of carbonyl (C=O) groups is 2. The largest absolute Gasteiger partial charge is 0.481 e. The Balaban J connectivity index is 2.82. The highest BCUT2D eigenvalue weighted by Crippen LogP contribution is 2.17. The molecule has 0 aliphatic rings. The fraction of sp³-hybridized carbons (Fsp3) is 0.467. The summed E-state index contributed by atoms with van der Waals surface area (Å²) in [6.07, 6.45) is 0.443. The van der Waals surface area contributed by atoms with E-state index < -0.39 is 11.5 Å². The molecule has 1 aromatic rings. The Labute approximate surface area is 113 Å². The molecule has 19 heavy (non-hydrogen) atoms. The van der Waals surface area contributed by atoms with Gasteiger partial charge in [0.25, 0.3) is 5.91 Å². The second-order valence-corrected chi connectivity index (χ2v) is 5.50. The summed E-state index contributed by atoms with van der Waals surface area (Å²) in [5.41, 5.74) is 1.98. The van der Waals surface area contributed by atoms with Crippen molar-refractivity contribution in [2.45, 2.75) is 46.1 Å². The Bertz CT molecular complexity index is 472. The van der Waals surface area contributed by atoms with E-state index in [9.17, 15) is 9.59 Å². The lowest BCUT2D eigenvalue weighted by Gasteiger charge is -2.26. The summed E-state index contributed by atoms with van der Waals surface area (Å²) < 4.78 is 0. The van der Waals surface area contributed by atoms with Crippen molar-refractivity contribution in [3.05, 3.63) is 34.9 Å². The van der Waals surface area contributed by atoms with Gasteiger partial charge in [-0.2, -0.15) is 0 Å². The molecule has 0 heterocycles. The Hall–Kier alpha value is -1.84. The molecule has 1 amide bonds. The van der Waals surface area contributed by atoms with Crippen LogP contribution in [0.5, 0.6) is 0 Å². The quantitative estimate of drug-likeness (QED) is 0.858. The van der Waals surface area contributed by atoms with Crippen molar-refractivity contribution >= 4 is 11.9 Å². The SMILES string of the molecule is Cc1cccc(C)c1C(=O)NC(C)(C)CCC(=O)O. The van der Waals surface area contributed by atoms with Crippen LogP contribution in [0.2, 0.25) is 0 Å². The standard InChI is InChI=1S/C15H21NO3/c1-10-6-5-7-11(2)13(10)14(19)16-15(3,4)9-8-12(17)18/h5-7H,8-9H2,1-4H3,(H,16,19)(H,17,18). The van der Waals surface area contributed by atoms with Crippen molar-refractivity contribution in [3.8, 4) is 0 Å². The zero-order valence-electron chi connectivity index (χ0n) is 11.9. The van der Waals surface area contributed by atoms with Gasteiger partial charge in [0, 0.05) is 17.5 Å². The van der Waals surface area contributed by atoms with Crippen molar-refractivity contribution in [2.24, 2.45) is 0 Å². The molecule has 2 N–H and O–H groups in total. The molecule has 0 unspecified atom stereocenters. The van der Waals surface area contributed by atoms with Crippen LogP contribution in [-0.2, 0) is 4.79 Å². The van der Waals surface area contributed by atoms with E-state index >= 15 is 0 Å². The molecule has 0 fully saturated rings. The van der Waals surface area contributed by atoms with Gasteiger partial charge >= 0.3 is 5.97 Å². The molecule has 0 saturated carbocycles. The van der Waals surface area contributed by atoms with Crippen molar-refractivity contribution < 1.29 is 14.7 Å². The smallest absolute Gasteiger partial charge is 0.303 e. The maximum atomic E-state index is 12.3. The first-order valence-corrected chi connectivity index (χ1v) is 6.33. The maximum Gasteiger partial charge on any atom is 0.303 e. The van der Waals surface area contributed by atoms with E-state index in [1.165, 1.54) is 0 Å². The minimum absolute atomic E-state index is 0.0417. The Kier molecular flexibility index (Phi) is 4.70. The van der Waals surface area contributed by atoms with Crippen LogP contribution in [0.3, 0.4) is 0 Å². The Morgan fingerprint density at radius 2 is 1.74 bits per heavy atom. The molecule has 104 valence electrons. The molecule has 0 bridgehead atoms. The fourth-order valence-corrected chi connectivity index (χ4v) is 2.02. The van der Waals surface area contributed by atoms with Crippen LogP contribution in [-0.4, -0.2) is 22.5 Å². The molecular formula is C15H21NO3. The number of benzene rings is 1. The lowest BCUT2D eigenvalue weighted by molar-refractivity contribution is -0.137. The first-order chi connectivity index (χ1) is 8.73. The van der Waals surface area contributed by atoms with Crippen molar-refractivity contribution in [2.75, 3.05) is 0 Å². The molecule has 0 atom stereocenters. The van der Waals surface area contributed by atoms with E-state index in [1.807, 2.05) is 45.9 Å². The van der Waals surface area contributed by atoms with Gasteiger partial charge in [-0.1, -0.05) is 18.2 Å². The van der Waals surface area contributed by atoms with E-state index in [0.29, 0.717) is 12.0 Å². The summed E-state index contributed by atoms with van der Waals surface area (Å²) in [4.78, 5) is 22.9. The average Bonchev–Trinajstić information content (AvgIpc) is 2.25. The zero-order valence-corrected chi connectivity index (χ0v) is 11.9. The minimum atomic E-state index is -0.852. The first-order valence-electron chi connectivity index (χ1n) is 6.33. The van der Waals surface area contributed by atoms with Crippen molar-refractivity contribution in [1.82, 2.24) is 5.32 Å². The van der Waals surface area contributed by atoms with Gasteiger partial charge in [-0.05, 0) is 45.2 Å². The molecule has 1 rings (SSSR count). The zero-order chi connectivity index (χ0) is 14.6. The van der Waals surface area contributed by atoms with E-state index in [0.717, 1.165) is 11.1 Å². The normalized spacial score (nSPS) is 11.2. The summed E-state index contributed by atoms with van der Waals surface area (Å²) in [6.45, 7) is 7.46. The fourth-order valence-electron chi connectivity index (χ4n) is 2.02. The van der Waals surface area contributed by atoms with Crippen LogP contribution >= 0.6 is 0 Å². The molecule has 0 aliphatic heterocycles. The highest BCUT2D eigenvalue weighted by atomic mass is 16.4. The van der Waals surface area contributed by atoms with Gasteiger partial charge < -0.3 is 10.4 Å². The van der Waals surface area contributed by atoms with Gasteiger partial charge in [-0.3, -0.25) is 9.59 Å². The van der Waals surface area contributed by atoms with Crippen molar-refractivity contribution in [1.29, 1.82) is 0 Å². The third kappa shape index (κ3) is 4.39. The topological polar surface area (TPSA) is 66.4 Å². The van der Waals surface area contributed by atoms with Crippen LogP contribution < -0.4 is 5.32 Å². The van der Waals surface area contributed by atoms with Gasteiger partial charge in [-0.25, -0.2) is 0 Å². The van der Waals surface area contributed by atoms with Crippen molar-refractivity contribution in [3.63, 3.8) is 0 Å². The van der Waals surface area contributed by atoms with Gasteiger partial charge in [0.05, 0.1) is 0 Å². The minimum Gasteiger partial charge on any atom is -0.481 e. The van der Waals surface area contributed by atoms with E-state index in [1.54, 1.807) is 0 Å².